The lowest BCUT2D eigenvalue weighted by molar-refractivity contribution is 0.165. The van der Waals surface area contributed by atoms with Gasteiger partial charge in [0.05, 0.1) is 32.8 Å². The van der Waals surface area contributed by atoms with Crippen molar-refractivity contribution in [2.75, 3.05) is 20.8 Å². The summed E-state index contributed by atoms with van der Waals surface area (Å²) in [4.78, 5) is 4.77. The molecule has 1 aromatic carbocycles. The van der Waals surface area contributed by atoms with Crippen LogP contribution in [0.4, 0.5) is 0 Å². The molecule has 1 atom stereocenters. The van der Waals surface area contributed by atoms with Gasteiger partial charge in [0, 0.05) is 14.2 Å². The minimum atomic E-state index is 0. The molecule has 0 saturated heterocycles. The molecular formula is C20H31IN6O2. The van der Waals surface area contributed by atoms with Crippen LogP contribution < -0.4 is 15.4 Å². The molecule has 2 aromatic rings. The van der Waals surface area contributed by atoms with Gasteiger partial charge in [0.15, 0.2) is 11.8 Å². The number of aliphatic imine (C=N–C) groups is 1. The standard InChI is InChI=1S/C20H30N6O2.HI/c1-14-24-25-19(26(14)2)12-22-20(23-18(13-27-3)16-7-8-16)21-11-15-5-9-17(28-4)10-6-15;/h5-6,9-10,16,18H,7-8,11-13H2,1-4H3,(H2,21,22,23);1H. The van der Waals surface area contributed by atoms with E-state index in [2.05, 4.69) is 20.8 Å². The molecule has 1 heterocycles. The molecule has 1 saturated carbocycles. The van der Waals surface area contributed by atoms with Crippen molar-refractivity contribution in [3.05, 3.63) is 41.5 Å². The van der Waals surface area contributed by atoms with E-state index in [9.17, 15) is 0 Å². The Hall–Kier alpha value is -1.88. The number of ether oxygens (including phenoxy) is 2. The summed E-state index contributed by atoms with van der Waals surface area (Å²) < 4.78 is 12.6. The first-order chi connectivity index (χ1) is 13.6. The van der Waals surface area contributed by atoms with Crippen molar-refractivity contribution in [3.8, 4) is 5.75 Å². The largest absolute Gasteiger partial charge is 0.497 e. The fraction of sp³-hybridized carbons (Fsp3) is 0.550. The van der Waals surface area contributed by atoms with Crippen LogP contribution in [0.2, 0.25) is 0 Å². The number of benzene rings is 1. The van der Waals surface area contributed by atoms with Gasteiger partial charge in [0.1, 0.15) is 11.6 Å². The first-order valence-electron chi connectivity index (χ1n) is 9.62. The lowest BCUT2D eigenvalue weighted by Crippen LogP contribution is -2.46. The minimum Gasteiger partial charge on any atom is -0.497 e. The van der Waals surface area contributed by atoms with Gasteiger partial charge in [-0.05, 0) is 43.4 Å². The van der Waals surface area contributed by atoms with Crippen molar-refractivity contribution in [1.82, 2.24) is 25.4 Å². The predicted octanol–water partition coefficient (Wildman–Crippen LogP) is 2.41. The highest BCUT2D eigenvalue weighted by Gasteiger charge is 2.31. The number of nitrogens with zero attached hydrogens (tertiary/aromatic N) is 4. The van der Waals surface area contributed by atoms with Crippen LogP contribution in [0.3, 0.4) is 0 Å². The number of nitrogens with one attached hydrogen (secondary N) is 2. The van der Waals surface area contributed by atoms with E-state index in [1.54, 1.807) is 14.2 Å². The molecule has 160 valence electrons. The summed E-state index contributed by atoms with van der Waals surface area (Å²) in [7, 11) is 5.37. The van der Waals surface area contributed by atoms with E-state index < -0.39 is 0 Å². The third-order valence-corrected chi connectivity index (χ3v) is 5.03. The van der Waals surface area contributed by atoms with Gasteiger partial charge >= 0.3 is 0 Å². The Bertz CT molecular complexity index is 789. The van der Waals surface area contributed by atoms with Crippen LogP contribution in [0.15, 0.2) is 29.3 Å². The molecule has 3 rings (SSSR count). The monoisotopic (exact) mass is 514 g/mol. The van der Waals surface area contributed by atoms with Crippen molar-refractivity contribution in [3.63, 3.8) is 0 Å². The molecule has 0 spiro atoms. The Kier molecular flexibility index (Phi) is 9.15. The normalized spacial score (nSPS) is 14.8. The quantitative estimate of drug-likeness (QED) is 0.304. The van der Waals surface area contributed by atoms with Gasteiger partial charge in [-0.25, -0.2) is 4.99 Å². The molecule has 1 aliphatic carbocycles. The van der Waals surface area contributed by atoms with E-state index in [4.69, 9.17) is 14.5 Å². The molecule has 9 heteroatoms. The molecule has 1 fully saturated rings. The number of halogens is 1. The van der Waals surface area contributed by atoms with E-state index in [1.807, 2.05) is 42.8 Å². The topological polar surface area (TPSA) is 85.6 Å². The Morgan fingerprint density at radius 1 is 1.24 bits per heavy atom. The number of aromatic nitrogens is 3. The Labute approximate surface area is 189 Å². The van der Waals surface area contributed by atoms with E-state index in [0.29, 0.717) is 25.6 Å². The van der Waals surface area contributed by atoms with Crippen LogP contribution >= 0.6 is 24.0 Å². The number of aryl methyl sites for hydroxylation is 1. The Balaban J connectivity index is 0.00000300. The highest BCUT2D eigenvalue weighted by atomic mass is 127. The second-order valence-corrected chi connectivity index (χ2v) is 7.13. The maximum atomic E-state index is 5.39. The van der Waals surface area contributed by atoms with Crippen molar-refractivity contribution >= 4 is 29.9 Å². The fourth-order valence-corrected chi connectivity index (χ4v) is 2.97. The van der Waals surface area contributed by atoms with Crippen LogP contribution in [0.25, 0.3) is 0 Å². The Morgan fingerprint density at radius 2 is 1.97 bits per heavy atom. The van der Waals surface area contributed by atoms with Crippen molar-refractivity contribution in [2.45, 2.75) is 38.9 Å². The predicted molar refractivity (Wildman–Crippen MR) is 124 cm³/mol. The van der Waals surface area contributed by atoms with Crippen LogP contribution in [0, 0.1) is 12.8 Å². The zero-order chi connectivity index (χ0) is 19.9. The molecule has 0 amide bonds. The lowest BCUT2D eigenvalue weighted by atomic mass is 10.2. The summed E-state index contributed by atoms with van der Waals surface area (Å²) in [5.74, 6) is 3.99. The summed E-state index contributed by atoms with van der Waals surface area (Å²) in [5.41, 5.74) is 1.12. The minimum absolute atomic E-state index is 0. The van der Waals surface area contributed by atoms with E-state index in [1.165, 1.54) is 12.8 Å². The van der Waals surface area contributed by atoms with Gasteiger partial charge in [-0.1, -0.05) is 12.1 Å². The van der Waals surface area contributed by atoms with Crippen LogP contribution in [-0.4, -0.2) is 47.6 Å². The zero-order valence-corrected chi connectivity index (χ0v) is 19.8. The molecule has 2 N–H and O–H groups in total. The molecule has 1 aromatic heterocycles. The Morgan fingerprint density at radius 3 is 2.52 bits per heavy atom. The summed E-state index contributed by atoms with van der Waals surface area (Å²) in [6.45, 7) is 3.73. The molecule has 1 unspecified atom stereocenters. The number of rotatable bonds is 9. The van der Waals surface area contributed by atoms with Crippen LogP contribution in [-0.2, 0) is 24.9 Å². The molecule has 0 radical (unpaired) electrons. The second-order valence-electron chi connectivity index (χ2n) is 7.13. The number of hydrogen-bond donors (Lipinski definition) is 2. The van der Waals surface area contributed by atoms with Gasteiger partial charge in [0.25, 0.3) is 0 Å². The maximum absolute atomic E-state index is 5.39. The molecule has 0 bridgehead atoms. The zero-order valence-electron chi connectivity index (χ0n) is 17.5. The van der Waals surface area contributed by atoms with Gasteiger partial charge in [-0.3, -0.25) is 0 Å². The third-order valence-electron chi connectivity index (χ3n) is 5.03. The lowest BCUT2D eigenvalue weighted by Gasteiger charge is -2.21. The second kappa shape index (κ2) is 11.3. The smallest absolute Gasteiger partial charge is 0.192 e. The highest BCUT2D eigenvalue weighted by Crippen LogP contribution is 2.32. The van der Waals surface area contributed by atoms with Crippen molar-refractivity contribution in [2.24, 2.45) is 18.0 Å². The molecule has 1 aliphatic rings. The van der Waals surface area contributed by atoms with Crippen molar-refractivity contribution < 1.29 is 9.47 Å². The van der Waals surface area contributed by atoms with Gasteiger partial charge in [0.2, 0.25) is 0 Å². The number of methoxy groups -OCH3 is 2. The maximum Gasteiger partial charge on any atom is 0.192 e. The summed E-state index contributed by atoms with van der Waals surface area (Å²) in [6, 6.07) is 8.21. The van der Waals surface area contributed by atoms with Gasteiger partial charge in [-0.2, -0.15) is 0 Å². The third kappa shape index (κ3) is 6.84. The summed E-state index contributed by atoms with van der Waals surface area (Å²) >= 11 is 0. The van der Waals surface area contributed by atoms with Crippen LogP contribution in [0.1, 0.15) is 30.1 Å². The van der Waals surface area contributed by atoms with Crippen molar-refractivity contribution in [1.29, 1.82) is 0 Å². The van der Waals surface area contributed by atoms with Crippen LogP contribution in [0.5, 0.6) is 5.75 Å². The highest BCUT2D eigenvalue weighted by molar-refractivity contribution is 14.0. The molecular weight excluding hydrogens is 483 g/mol. The van der Waals surface area contributed by atoms with Gasteiger partial charge in [-0.15, -0.1) is 34.2 Å². The SMILES string of the molecule is COCC(NC(=NCc1ccc(OC)cc1)NCc1nnc(C)n1C)C1CC1.I. The molecule has 29 heavy (non-hydrogen) atoms. The number of guanidine groups is 1. The first kappa shape index (κ1) is 23.4. The fourth-order valence-electron chi connectivity index (χ4n) is 2.97. The first-order valence-corrected chi connectivity index (χ1v) is 9.62. The molecule has 8 nitrogen and oxygen atoms in total. The summed E-state index contributed by atoms with van der Waals surface area (Å²) in [5, 5.41) is 15.3. The average Bonchev–Trinajstić information content (AvgIpc) is 3.51. The summed E-state index contributed by atoms with van der Waals surface area (Å²) in [6.07, 6.45) is 2.46. The van der Waals surface area contributed by atoms with E-state index >= 15 is 0 Å². The molecule has 0 aliphatic heterocycles. The van der Waals surface area contributed by atoms with Gasteiger partial charge < -0.3 is 24.7 Å². The number of hydrogen-bond acceptors (Lipinski definition) is 5. The average molecular weight is 514 g/mol. The van der Waals surface area contributed by atoms with E-state index in [0.717, 1.165) is 28.9 Å². The van der Waals surface area contributed by atoms with E-state index in [-0.39, 0.29) is 30.0 Å².